The molecule has 1 heterocycles. The van der Waals surface area contributed by atoms with Gasteiger partial charge in [-0.25, -0.2) is 9.37 Å². The fraction of sp³-hybridized carbons (Fsp3) is 0.167. The maximum absolute atomic E-state index is 13.4. The summed E-state index contributed by atoms with van der Waals surface area (Å²) < 4.78 is 15.7. The van der Waals surface area contributed by atoms with Gasteiger partial charge in [0.1, 0.15) is 16.1 Å². The Hall–Kier alpha value is -1.01. The molecule has 0 aliphatic heterocycles. The maximum atomic E-state index is 13.4. The molecule has 1 aromatic heterocycles. The van der Waals surface area contributed by atoms with E-state index in [4.69, 9.17) is 0 Å². The first-order chi connectivity index (χ1) is 8.50. The van der Waals surface area contributed by atoms with Crippen molar-refractivity contribution in [2.24, 2.45) is 0 Å². The third kappa shape index (κ3) is 2.54. The molecule has 3 nitrogen and oxygen atoms in total. The van der Waals surface area contributed by atoms with E-state index >= 15 is 0 Å². The van der Waals surface area contributed by atoms with Gasteiger partial charge in [-0.1, -0.05) is 12.1 Å². The predicted octanol–water partition coefficient (Wildman–Crippen LogP) is 3.26. The van der Waals surface area contributed by atoms with Crippen molar-refractivity contribution >= 4 is 31.9 Å². The fourth-order valence-corrected chi connectivity index (χ4v) is 2.28. The van der Waals surface area contributed by atoms with Crippen molar-refractivity contribution in [3.05, 3.63) is 60.9 Å². The normalized spacial score (nSPS) is 10.7. The number of benzene rings is 1. The second-order valence-electron chi connectivity index (χ2n) is 3.76. The Kier molecular flexibility index (Phi) is 3.97. The molecule has 0 fully saturated rings. The van der Waals surface area contributed by atoms with E-state index in [-0.39, 0.29) is 17.9 Å². The zero-order chi connectivity index (χ0) is 13.3. The molecule has 0 aliphatic carbocycles. The van der Waals surface area contributed by atoms with Crippen LogP contribution >= 0.6 is 31.9 Å². The highest BCUT2D eigenvalue weighted by Crippen LogP contribution is 2.21. The number of nitrogens with zero attached hydrogens (tertiary/aromatic N) is 2. The van der Waals surface area contributed by atoms with Crippen LogP contribution in [0.3, 0.4) is 0 Å². The highest BCUT2D eigenvalue weighted by atomic mass is 79.9. The number of hydrogen-bond acceptors (Lipinski definition) is 2. The minimum absolute atomic E-state index is 0.182. The second-order valence-corrected chi connectivity index (χ2v) is 5.40. The molecule has 0 atom stereocenters. The van der Waals surface area contributed by atoms with Crippen LogP contribution in [-0.4, -0.2) is 9.55 Å². The van der Waals surface area contributed by atoms with Gasteiger partial charge in [0.15, 0.2) is 0 Å². The highest BCUT2D eigenvalue weighted by molar-refractivity contribution is 9.10. The average Bonchev–Trinajstić information content (AvgIpc) is 2.35. The van der Waals surface area contributed by atoms with Crippen LogP contribution in [0.4, 0.5) is 4.39 Å². The molecule has 0 unspecified atom stereocenters. The minimum Gasteiger partial charge on any atom is -0.291 e. The molecule has 0 N–H and O–H groups in total. The molecule has 18 heavy (non-hydrogen) atoms. The Bertz CT molecular complexity index is 655. The number of aryl methyl sites for hydroxylation is 1. The summed E-state index contributed by atoms with van der Waals surface area (Å²) >= 11 is 6.33. The van der Waals surface area contributed by atoms with Gasteiger partial charge in [0.2, 0.25) is 0 Å². The first-order valence-electron chi connectivity index (χ1n) is 5.15. The van der Waals surface area contributed by atoms with Gasteiger partial charge in [0, 0.05) is 6.20 Å². The predicted molar refractivity (Wildman–Crippen MR) is 74.1 cm³/mol. The van der Waals surface area contributed by atoms with Crippen LogP contribution in [0, 0.1) is 12.7 Å². The van der Waals surface area contributed by atoms with Crippen LogP contribution in [0.2, 0.25) is 0 Å². The summed E-state index contributed by atoms with van der Waals surface area (Å²) in [5, 5.41) is 0. The highest BCUT2D eigenvalue weighted by Gasteiger charge is 2.10. The van der Waals surface area contributed by atoms with Crippen molar-refractivity contribution < 1.29 is 4.39 Å². The quantitative estimate of drug-likeness (QED) is 0.807. The standard InChI is InChI=1S/C12H9Br2FN2O/c1-7-16-5-9(13)12(18)17(7)6-8-3-2-4-10(15)11(8)14/h2-5H,6H2,1H3. The Morgan fingerprint density at radius 2 is 2.11 bits per heavy atom. The average molecular weight is 376 g/mol. The van der Waals surface area contributed by atoms with Crippen LogP contribution in [0.25, 0.3) is 0 Å². The number of halogens is 3. The van der Waals surface area contributed by atoms with E-state index in [2.05, 4.69) is 36.8 Å². The van der Waals surface area contributed by atoms with Crippen LogP contribution in [0.15, 0.2) is 38.1 Å². The van der Waals surface area contributed by atoms with Gasteiger partial charge in [0.25, 0.3) is 5.56 Å². The first kappa shape index (κ1) is 13.4. The van der Waals surface area contributed by atoms with Gasteiger partial charge in [-0.3, -0.25) is 9.36 Å². The van der Waals surface area contributed by atoms with E-state index in [1.165, 1.54) is 16.8 Å². The van der Waals surface area contributed by atoms with Crippen molar-refractivity contribution in [2.75, 3.05) is 0 Å². The van der Waals surface area contributed by atoms with E-state index in [0.717, 1.165) is 0 Å². The van der Waals surface area contributed by atoms with Crippen molar-refractivity contribution in [1.29, 1.82) is 0 Å². The molecule has 0 saturated carbocycles. The molecule has 0 amide bonds. The molecular formula is C12H9Br2FN2O. The third-order valence-corrected chi connectivity index (χ3v) is 4.00. The van der Waals surface area contributed by atoms with Crippen molar-refractivity contribution in [3.8, 4) is 0 Å². The lowest BCUT2D eigenvalue weighted by Crippen LogP contribution is -2.24. The lowest BCUT2D eigenvalue weighted by molar-refractivity contribution is 0.612. The molecular weight excluding hydrogens is 367 g/mol. The smallest absolute Gasteiger partial charge is 0.268 e. The van der Waals surface area contributed by atoms with Gasteiger partial charge in [-0.2, -0.15) is 0 Å². The SMILES string of the molecule is Cc1ncc(Br)c(=O)n1Cc1cccc(F)c1Br. The van der Waals surface area contributed by atoms with E-state index in [0.29, 0.717) is 20.3 Å². The van der Waals surface area contributed by atoms with Crippen LogP contribution in [-0.2, 0) is 6.54 Å². The molecule has 94 valence electrons. The van der Waals surface area contributed by atoms with Crippen molar-refractivity contribution in [3.63, 3.8) is 0 Å². The summed E-state index contributed by atoms with van der Waals surface area (Å²) in [5.74, 6) is 0.237. The van der Waals surface area contributed by atoms with Gasteiger partial charge < -0.3 is 0 Å². The maximum Gasteiger partial charge on any atom is 0.268 e. The van der Waals surface area contributed by atoms with Crippen LogP contribution in [0.1, 0.15) is 11.4 Å². The van der Waals surface area contributed by atoms with Gasteiger partial charge in [0.05, 0.1) is 11.0 Å². The Balaban J connectivity index is 2.50. The van der Waals surface area contributed by atoms with Crippen LogP contribution < -0.4 is 5.56 Å². The Morgan fingerprint density at radius 3 is 2.83 bits per heavy atom. The van der Waals surface area contributed by atoms with Gasteiger partial charge in [-0.05, 0) is 50.4 Å². The summed E-state index contributed by atoms with van der Waals surface area (Å²) in [5.41, 5.74) is 0.513. The molecule has 2 aromatic rings. The second kappa shape index (κ2) is 5.32. The van der Waals surface area contributed by atoms with Gasteiger partial charge in [-0.15, -0.1) is 0 Å². The lowest BCUT2D eigenvalue weighted by Gasteiger charge is -2.11. The van der Waals surface area contributed by atoms with E-state index in [9.17, 15) is 9.18 Å². The zero-order valence-corrected chi connectivity index (χ0v) is 12.6. The number of rotatable bonds is 2. The number of aromatic nitrogens is 2. The van der Waals surface area contributed by atoms with E-state index in [1.807, 2.05) is 0 Å². The molecule has 1 aromatic carbocycles. The summed E-state index contributed by atoms with van der Waals surface area (Å²) in [6.07, 6.45) is 1.47. The summed E-state index contributed by atoms with van der Waals surface area (Å²) in [7, 11) is 0. The Morgan fingerprint density at radius 1 is 1.39 bits per heavy atom. The molecule has 2 rings (SSSR count). The molecule has 0 bridgehead atoms. The van der Waals surface area contributed by atoms with E-state index < -0.39 is 0 Å². The van der Waals surface area contributed by atoms with Crippen LogP contribution in [0.5, 0.6) is 0 Å². The van der Waals surface area contributed by atoms with E-state index in [1.54, 1.807) is 19.1 Å². The zero-order valence-electron chi connectivity index (χ0n) is 9.45. The molecule has 0 saturated heterocycles. The molecule has 0 aliphatic rings. The van der Waals surface area contributed by atoms with Crippen molar-refractivity contribution in [2.45, 2.75) is 13.5 Å². The fourth-order valence-electron chi connectivity index (χ4n) is 1.58. The topological polar surface area (TPSA) is 34.9 Å². The summed E-state index contributed by atoms with van der Waals surface area (Å²) in [6.45, 7) is 2.01. The molecule has 6 heteroatoms. The van der Waals surface area contributed by atoms with Crippen molar-refractivity contribution in [1.82, 2.24) is 9.55 Å². The Labute approximate surface area is 120 Å². The largest absolute Gasteiger partial charge is 0.291 e. The molecule has 0 radical (unpaired) electrons. The minimum atomic E-state index is -0.346. The summed E-state index contributed by atoms with van der Waals surface area (Å²) in [4.78, 5) is 16.1. The summed E-state index contributed by atoms with van der Waals surface area (Å²) in [6, 6.07) is 4.74. The third-order valence-electron chi connectivity index (χ3n) is 2.56. The lowest BCUT2D eigenvalue weighted by atomic mass is 10.2. The number of hydrogen-bond donors (Lipinski definition) is 0. The first-order valence-corrected chi connectivity index (χ1v) is 6.74. The van der Waals surface area contributed by atoms with Gasteiger partial charge >= 0.3 is 0 Å². The monoisotopic (exact) mass is 374 g/mol. The molecule has 0 spiro atoms.